The van der Waals surface area contributed by atoms with E-state index in [2.05, 4.69) is 20.3 Å². The van der Waals surface area contributed by atoms with Gasteiger partial charge in [-0.1, -0.05) is 6.07 Å². The number of aliphatic imine (C=N–C) groups is 1. The van der Waals surface area contributed by atoms with Crippen LogP contribution >= 0.6 is 11.3 Å². The van der Waals surface area contributed by atoms with Crippen molar-refractivity contribution in [2.45, 2.75) is 17.2 Å². The second kappa shape index (κ2) is 9.70. The summed E-state index contributed by atoms with van der Waals surface area (Å²) in [6.45, 7) is 5.42. The molecule has 1 aliphatic rings. The van der Waals surface area contributed by atoms with Gasteiger partial charge < -0.3 is 15.0 Å². The minimum Gasteiger partial charge on any atom is -0.370 e. The van der Waals surface area contributed by atoms with Crippen LogP contribution in [0.25, 0.3) is 0 Å². The predicted octanol–water partition coefficient (Wildman–Crippen LogP) is 1.14. The number of nitrogens with one attached hydrogen (secondary N) is 1. The minimum absolute atomic E-state index is 0.0665. The third-order valence-electron chi connectivity index (χ3n) is 4.63. The number of ether oxygens (including phenoxy) is 1. The van der Waals surface area contributed by atoms with Gasteiger partial charge in [0.05, 0.1) is 25.9 Å². The maximum absolute atomic E-state index is 12.5. The minimum atomic E-state index is -3.45. The second-order valence-electron chi connectivity index (χ2n) is 6.75. The van der Waals surface area contributed by atoms with E-state index in [1.54, 1.807) is 29.2 Å². The lowest BCUT2D eigenvalue weighted by molar-refractivity contribution is -0.00804. The first-order chi connectivity index (χ1) is 13.9. The molecule has 11 heteroatoms. The Morgan fingerprint density at radius 2 is 2.34 bits per heavy atom. The van der Waals surface area contributed by atoms with Gasteiger partial charge in [-0.05, 0) is 18.4 Å². The third-order valence-corrected chi connectivity index (χ3v) is 7.86. The van der Waals surface area contributed by atoms with Gasteiger partial charge in [0.2, 0.25) is 0 Å². The molecular formula is C18H28N6O3S2. The zero-order valence-corrected chi connectivity index (χ0v) is 18.6. The van der Waals surface area contributed by atoms with Crippen molar-refractivity contribution < 1.29 is 13.2 Å². The fraction of sp³-hybridized carbons (Fsp3) is 0.556. The smallest absolute Gasteiger partial charge is 0.252 e. The molecule has 0 saturated carbocycles. The topological polar surface area (TPSA) is 92.1 Å². The highest BCUT2D eigenvalue weighted by Crippen LogP contribution is 2.22. The van der Waals surface area contributed by atoms with Crippen LogP contribution in [0.4, 0.5) is 0 Å². The first-order valence-corrected chi connectivity index (χ1v) is 11.9. The van der Waals surface area contributed by atoms with E-state index in [1.807, 2.05) is 26.4 Å². The van der Waals surface area contributed by atoms with Crippen molar-refractivity contribution in [2.75, 3.05) is 46.4 Å². The summed E-state index contributed by atoms with van der Waals surface area (Å²) in [4.78, 5) is 6.81. The normalized spacial score (nSPS) is 18.4. The lowest BCUT2D eigenvalue weighted by Gasteiger charge is -2.34. The summed E-state index contributed by atoms with van der Waals surface area (Å²) in [6.07, 6.45) is 3.72. The average Bonchev–Trinajstić information content (AvgIpc) is 3.39. The SMILES string of the molecule is CCNC(=NCCN(C)S(=O)(=O)c1cccs1)N1CCOC(c2cnn(C)c2)C1. The van der Waals surface area contributed by atoms with E-state index >= 15 is 0 Å². The number of likely N-dealkylation sites (N-methyl/N-ethyl adjacent to an activating group) is 1. The van der Waals surface area contributed by atoms with Crippen LogP contribution in [0.2, 0.25) is 0 Å². The Kier molecular flexibility index (Phi) is 7.28. The number of aryl methyl sites for hydroxylation is 1. The highest BCUT2D eigenvalue weighted by atomic mass is 32.2. The van der Waals surface area contributed by atoms with Gasteiger partial charge in [0.25, 0.3) is 10.0 Å². The molecule has 0 spiro atoms. The summed E-state index contributed by atoms with van der Waals surface area (Å²) in [5.41, 5.74) is 1.04. The number of hydrogen-bond donors (Lipinski definition) is 1. The third kappa shape index (κ3) is 5.35. The van der Waals surface area contributed by atoms with Crippen LogP contribution in [-0.4, -0.2) is 79.7 Å². The van der Waals surface area contributed by atoms with Gasteiger partial charge in [-0.15, -0.1) is 11.3 Å². The van der Waals surface area contributed by atoms with Crippen molar-refractivity contribution in [3.63, 3.8) is 0 Å². The number of nitrogens with zero attached hydrogens (tertiary/aromatic N) is 5. The van der Waals surface area contributed by atoms with E-state index in [0.29, 0.717) is 30.5 Å². The summed E-state index contributed by atoms with van der Waals surface area (Å²) in [6, 6.07) is 3.36. The molecule has 1 saturated heterocycles. The summed E-state index contributed by atoms with van der Waals surface area (Å²) in [7, 11) is 0.0193. The largest absolute Gasteiger partial charge is 0.370 e. The Bertz CT molecular complexity index is 910. The van der Waals surface area contributed by atoms with Crippen molar-refractivity contribution in [1.82, 2.24) is 24.3 Å². The molecular weight excluding hydrogens is 412 g/mol. The molecule has 0 aromatic carbocycles. The highest BCUT2D eigenvalue weighted by Gasteiger charge is 2.25. The van der Waals surface area contributed by atoms with Crippen LogP contribution in [0, 0.1) is 0 Å². The molecule has 1 atom stereocenters. The van der Waals surface area contributed by atoms with Crippen LogP contribution in [0.5, 0.6) is 0 Å². The van der Waals surface area contributed by atoms with Crippen LogP contribution < -0.4 is 5.32 Å². The number of rotatable bonds is 7. The molecule has 9 nitrogen and oxygen atoms in total. The van der Waals surface area contributed by atoms with Gasteiger partial charge in [0.15, 0.2) is 5.96 Å². The Morgan fingerprint density at radius 1 is 1.52 bits per heavy atom. The molecule has 3 heterocycles. The number of sulfonamides is 1. The van der Waals surface area contributed by atoms with Crippen LogP contribution in [-0.2, 0) is 21.8 Å². The maximum atomic E-state index is 12.5. The van der Waals surface area contributed by atoms with E-state index in [9.17, 15) is 8.42 Å². The standard InChI is InChI=1S/C18H28N6O3S2/c1-4-19-18(20-7-8-23(3)29(25,26)17-6-5-11-28-17)24-9-10-27-16(14-24)15-12-21-22(2)13-15/h5-6,11-13,16H,4,7-10,14H2,1-3H3,(H,19,20). The van der Waals surface area contributed by atoms with E-state index in [1.165, 1.54) is 15.6 Å². The van der Waals surface area contributed by atoms with E-state index in [-0.39, 0.29) is 6.10 Å². The van der Waals surface area contributed by atoms with Crippen molar-refractivity contribution in [1.29, 1.82) is 0 Å². The van der Waals surface area contributed by atoms with Crippen molar-refractivity contribution in [3.05, 3.63) is 35.5 Å². The van der Waals surface area contributed by atoms with Crippen LogP contribution in [0.15, 0.2) is 39.1 Å². The summed E-state index contributed by atoms with van der Waals surface area (Å²) in [5.74, 6) is 0.770. The van der Waals surface area contributed by atoms with Crippen LogP contribution in [0.1, 0.15) is 18.6 Å². The summed E-state index contributed by atoms with van der Waals surface area (Å²) >= 11 is 1.22. The summed E-state index contributed by atoms with van der Waals surface area (Å²) < 4.78 is 34.4. The number of thiophene rings is 1. The zero-order chi connectivity index (χ0) is 20.9. The first-order valence-electron chi connectivity index (χ1n) is 9.55. The molecule has 1 fully saturated rings. The van der Waals surface area contributed by atoms with Gasteiger partial charge in [-0.3, -0.25) is 9.67 Å². The number of aromatic nitrogens is 2. The zero-order valence-electron chi connectivity index (χ0n) is 17.0. The van der Waals surface area contributed by atoms with E-state index in [4.69, 9.17) is 4.74 Å². The average molecular weight is 441 g/mol. The van der Waals surface area contributed by atoms with Crippen LogP contribution in [0.3, 0.4) is 0 Å². The van der Waals surface area contributed by atoms with Gasteiger partial charge in [0, 0.05) is 45.5 Å². The van der Waals surface area contributed by atoms with Crippen molar-refractivity contribution in [3.8, 4) is 0 Å². The molecule has 1 unspecified atom stereocenters. The molecule has 0 radical (unpaired) electrons. The Balaban J connectivity index is 1.63. The fourth-order valence-corrected chi connectivity index (χ4v) is 5.42. The molecule has 0 amide bonds. The quantitative estimate of drug-likeness (QED) is 0.513. The lowest BCUT2D eigenvalue weighted by Crippen LogP contribution is -2.48. The fourth-order valence-electron chi connectivity index (χ4n) is 3.06. The molecule has 1 N–H and O–H groups in total. The van der Waals surface area contributed by atoms with Crippen molar-refractivity contribution >= 4 is 27.3 Å². The molecule has 2 aromatic rings. The summed E-state index contributed by atoms with van der Waals surface area (Å²) in [5, 5.41) is 9.29. The Labute approximate surface area is 176 Å². The van der Waals surface area contributed by atoms with E-state index < -0.39 is 10.0 Å². The molecule has 1 aliphatic heterocycles. The molecule has 160 valence electrons. The second-order valence-corrected chi connectivity index (χ2v) is 9.97. The van der Waals surface area contributed by atoms with Gasteiger partial charge >= 0.3 is 0 Å². The maximum Gasteiger partial charge on any atom is 0.252 e. The predicted molar refractivity (Wildman–Crippen MR) is 114 cm³/mol. The highest BCUT2D eigenvalue weighted by molar-refractivity contribution is 7.91. The van der Waals surface area contributed by atoms with E-state index in [0.717, 1.165) is 24.6 Å². The molecule has 29 heavy (non-hydrogen) atoms. The molecule has 3 rings (SSSR count). The number of guanidine groups is 1. The Morgan fingerprint density at radius 3 is 3.00 bits per heavy atom. The van der Waals surface area contributed by atoms with Gasteiger partial charge in [-0.2, -0.15) is 9.40 Å². The number of hydrogen-bond acceptors (Lipinski definition) is 6. The first kappa shape index (κ1) is 21.8. The lowest BCUT2D eigenvalue weighted by atomic mass is 10.1. The number of morpholine rings is 1. The monoisotopic (exact) mass is 440 g/mol. The molecule has 0 aliphatic carbocycles. The Hall–Kier alpha value is -1.95. The van der Waals surface area contributed by atoms with Gasteiger partial charge in [-0.25, -0.2) is 8.42 Å². The van der Waals surface area contributed by atoms with Gasteiger partial charge in [0.1, 0.15) is 10.3 Å². The van der Waals surface area contributed by atoms with Crippen molar-refractivity contribution in [2.24, 2.45) is 12.0 Å². The molecule has 2 aromatic heterocycles. The molecule has 0 bridgehead atoms.